The molecule has 2 aromatic heterocycles. The minimum absolute atomic E-state index is 0.195. The van der Waals surface area contributed by atoms with E-state index in [1.165, 1.54) is 0 Å². The van der Waals surface area contributed by atoms with Gasteiger partial charge in [0.05, 0.1) is 5.69 Å². The highest BCUT2D eigenvalue weighted by Gasteiger charge is 2.13. The smallest absolute Gasteiger partial charge is 0.277 e. The number of rotatable bonds is 6. The third-order valence-corrected chi connectivity index (χ3v) is 4.23. The second-order valence-corrected chi connectivity index (χ2v) is 6.27. The van der Waals surface area contributed by atoms with E-state index in [0.717, 1.165) is 11.3 Å². The maximum atomic E-state index is 12.4. The molecule has 0 radical (unpaired) electrons. The standard InChI is InChI=1S/C18H20ClN5O2/c1-4-24-17(10-13(3)21-24)20-18(25)16-7-8-23(22-16)11-26-14-5-6-15(19)12(2)9-14/h5-10H,4,11H2,1-3H3,(H,20,25). The van der Waals surface area contributed by atoms with Crippen LogP contribution < -0.4 is 10.1 Å². The van der Waals surface area contributed by atoms with E-state index < -0.39 is 0 Å². The van der Waals surface area contributed by atoms with E-state index in [4.69, 9.17) is 16.3 Å². The van der Waals surface area contributed by atoms with Crippen molar-refractivity contribution in [3.63, 3.8) is 0 Å². The second kappa shape index (κ2) is 7.61. The Labute approximate surface area is 156 Å². The van der Waals surface area contributed by atoms with Gasteiger partial charge in [-0.25, -0.2) is 9.36 Å². The van der Waals surface area contributed by atoms with Gasteiger partial charge in [-0.3, -0.25) is 4.79 Å². The van der Waals surface area contributed by atoms with Gasteiger partial charge < -0.3 is 10.1 Å². The monoisotopic (exact) mass is 373 g/mol. The second-order valence-electron chi connectivity index (χ2n) is 5.87. The molecule has 0 fully saturated rings. The summed E-state index contributed by atoms with van der Waals surface area (Å²) in [5, 5.41) is 12.1. The summed E-state index contributed by atoms with van der Waals surface area (Å²) in [6.07, 6.45) is 1.69. The van der Waals surface area contributed by atoms with Crippen LogP contribution in [0.25, 0.3) is 0 Å². The highest BCUT2D eigenvalue weighted by molar-refractivity contribution is 6.31. The van der Waals surface area contributed by atoms with E-state index in [2.05, 4.69) is 15.5 Å². The van der Waals surface area contributed by atoms with Crippen molar-refractivity contribution in [2.45, 2.75) is 34.0 Å². The number of halogens is 1. The number of hydrogen-bond donors (Lipinski definition) is 1. The van der Waals surface area contributed by atoms with E-state index in [0.29, 0.717) is 28.8 Å². The number of ether oxygens (including phenoxy) is 1. The van der Waals surface area contributed by atoms with Crippen LogP contribution in [-0.4, -0.2) is 25.5 Å². The average Bonchev–Trinajstić information content (AvgIpc) is 3.22. The zero-order valence-corrected chi connectivity index (χ0v) is 15.6. The molecule has 1 N–H and O–H groups in total. The summed E-state index contributed by atoms with van der Waals surface area (Å²) in [5.41, 5.74) is 2.09. The van der Waals surface area contributed by atoms with Gasteiger partial charge in [0.15, 0.2) is 12.4 Å². The van der Waals surface area contributed by atoms with Gasteiger partial charge in [-0.1, -0.05) is 11.6 Å². The van der Waals surface area contributed by atoms with Crippen LogP contribution >= 0.6 is 11.6 Å². The highest BCUT2D eigenvalue weighted by Crippen LogP contribution is 2.21. The third kappa shape index (κ3) is 4.05. The predicted octanol–water partition coefficient (Wildman–Crippen LogP) is 3.66. The lowest BCUT2D eigenvalue weighted by Gasteiger charge is -2.08. The van der Waals surface area contributed by atoms with Gasteiger partial charge in [-0.15, -0.1) is 0 Å². The van der Waals surface area contributed by atoms with E-state index in [-0.39, 0.29) is 12.6 Å². The third-order valence-electron chi connectivity index (χ3n) is 3.81. The maximum Gasteiger partial charge on any atom is 0.277 e. The van der Waals surface area contributed by atoms with Crippen molar-refractivity contribution in [1.82, 2.24) is 19.6 Å². The zero-order chi connectivity index (χ0) is 18.7. The zero-order valence-electron chi connectivity index (χ0n) is 14.9. The number of nitrogens with zero attached hydrogens (tertiary/aromatic N) is 4. The molecule has 7 nitrogen and oxygen atoms in total. The van der Waals surface area contributed by atoms with Gasteiger partial charge in [-0.2, -0.15) is 10.2 Å². The molecular formula is C18H20ClN5O2. The Bertz CT molecular complexity index is 932. The van der Waals surface area contributed by atoms with Crippen LogP contribution in [0.3, 0.4) is 0 Å². The number of carbonyl (C=O) groups is 1. The van der Waals surface area contributed by atoms with Gasteiger partial charge in [0.2, 0.25) is 0 Å². The molecule has 26 heavy (non-hydrogen) atoms. The number of aromatic nitrogens is 4. The molecule has 0 aliphatic heterocycles. The number of anilines is 1. The van der Waals surface area contributed by atoms with Crippen LogP contribution in [0.15, 0.2) is 36.5 Å². The first-order valence-electron chi connectivity index (χ1n) is 8.24. The van der Waals surface area contributed by atoms with Gasteiger partial charge in [0.25, 0.3) is 5.91 Å². The minimum atomic E-state index is -0.291. The lowest BCUT2D eigenvalue weighted by Crippen LogP contribution is -2.17. The largest absolute Gasteiger partial charge is 0.471 e. The Morgan fingerprint density at radius 3 is 2.77 bits per heavy atom. The summed E-state index contributed by atoms with van der Waals surface area (Å²) < 4.78 is 8.96. The topological polar surface area (TPSA) is 74.0 Å². The predicted molar refractivity (Wildman–Crippen MR) is 99.6 cm³/mol. The molecule has 1 aromatic carbocycles. The number of benzene rings is 1. The fraction of sp³-hybridized carbons (Fsp3) is 0.278. The molecule has 3 aromatic rings. The molecule has 0 spiro atoms. The van der Waals surface area contributed by atoms with E-state index >= 15 is 0 Å². The normalized spacial score (nSPS) is 10.8. The Morgan fingerprint density at radius 1 is 1.23 bits per heavy atom. The fourth-order valence-corrected chi connectivity index (χ4v) is 2.59. The summed E-state index contributed by atoms with van der Waals surface area (Å²) in [5.74, 6) is 1.05. The van der Waals surface area contributed by atoms with Gasteiger partial charge in [-0.05, 0) is 50.6 Å². The van der Waals surface area contributed by atoms with Crippen molar-refractivity contribution < 1.29 is 9.53 Å². The van der Waals surface area contributed by atoms with Crippen LogP contribution in [0, 0.1) is 13.8 Å². The molecule has 0 atom stereocenters. The lowest BCUT2D eigenvalue weighted by molar-refractivity contribution is 0.101. The number of carbonyl (C=O) groups excluding carboxylic acids is 1. The molecular weight excluding hydrogens is 354 g/mol. The molecule has 0 aliphatic carbocycles. The first-order valence-corrected chi connectivity index (χ1v) is 8.62. The quantitative estimate of drug-likeness (QED) is 0.715. The van der Waals surface area contributed by atoms with Crippen LogP contribution in [0.1, 0.15) is 28.7 Å². The molecule has 1 amide bonds. The molecule has 2 heterocycles. The summed E-state index contributed by atoms with van der Waals surface area (Å²) in [6.45, 7) is 6.62. The van der Waals surface area contributed by atoms with Crippen molar-refractivity contribution in [2.75, 3.05) is 5.32 Å². The van der Waals surface area contributed by atoms with E-state index in [9.17, 15) is 4.79 Å². The Morgan fingerprint density at radius 2 is 2.04 bits per heavy atom. The number of aryl methyl sites for hydroxylation is 3. The number of hydrogen-bond acceptors (Lipinski definition) is 4. The molecule has 136 valence electrons. The van der Waals surface area contributed by atoms with Crippen molar-refractivity contribution in [2.24, 2.45) is 0 Å². The van der Waals surface area contributed by atoms with Gasteiger partial charge in [0.1, 0.15) is 11.6 Å². The molecule has 0 bridgehead atoms. The lowest BCUT2D eigenvalue weighted by atomic mass is 10.2. The molecule has 8 heteroatoms. The SMILES string of the molecule is CCn1nc(C)cc1NC(=O)c1ccn(COc2ccc(Cl)c(C)c2)n1. The molecule has 0 saturated heterocycles. The summed E-state index contributed by atoms with van der Waals surface area (Å²) in [7, 11) is 0. The van der Waals surface area contributed by atoms with Crippen LogP contribution in [-0.2, 0) is 13.3 Å². The Kier molecular flexibility index (Phi) is 5.27. The van der Waals surface area contributed by atoms with Crippen molar-refractivity contribution in [3.8, 4) is 5.75 Å². The van der Waals surface area contributed by atoms with Crippen molar-refractivity contribution in [1.29, 1.82) is 0 Å². The van der Waals surface area contributed by atoms with E-state index in [1.54, 1.807) is 33.8 Å². The number of amides is 1. The first-order chi connectivity index (χ1) is 12.5. The van der Waals surface area contributed by atoms with Crippen molar-refractivity contribution in [3.05, 3.63) is 58.5 Å². The Balaban J connectivity index is 1.63. The number of nitrogens with one attached hydrogen (secondary N) is 1. The molecule has 3 rings (SSSR count). The summed E-state index contributed by atoms with van der Waals surface area (Å²) in [6, 6.07) is 8.90. The van der Waals surface area contributed by atoms with E-state index in [1.807, 2.05) is 32.9 Å². The highest BCUT2D eigenvalue weighted by atomic mass is 35.5. The molecule has 0 saturated carbocycles. The molecule has 0 unspecified atom stereocenters. The molecule has 0 aliphatic rings. The average molecular weight is 374 g/mol. The summed E-state index contributed by atoms with van der Waals surface area (Å²) in [4.78, 5) is 12.4. The fourth-order valence-electron chi connectivity index (χ4n) is 2.47. The van der Waals surface area contributed by atoms with Gasteiger partial charge >= 0.3 is 0 Å². The van der Waals surface area contributed by atoms with Gasteiger partial charge in [0, 0.05) is 23.8 Å². The first kappa shape index (κ1) is 18.0. The van der Waals surface area contributed by atoms with Crippen LogP contribution in [0.4, 0.5) is 5.82 Å². The van der Waals surface area contributed by atoms with Crippen molar-refractivity contribution >= 4 is 23.3 Å². The van der Waals surface area contributed by atoms with Crippen LogP contribution in [0.2, 0.25) is 5.02 Å². The minimum Gasteiger partial charge on any atom is -0.471 e. The summed E-state index contributed by atoms with van der Waals surface area (Å²) >= 11 is 6.00. The van der Waals surface area contributed by atoms with Crippen LogP contribution in [0.5, 0.6) is 5.75 Å². The Hall–Kier alpha value is -2.80. The maximum absolute atomic E-state index is 12.4.